The third-order valence-corrected chi connectivity index (χ3v) is 3.04. The lowest BCUT2D eigenvalue weighted by Gasteiger charge is -1.96. The van der Waals surface area contributed by atoms with Crippen molar-refractivity contribution in [2.75, 3.05) is 5.43 Å². The van der Waals surface area contributed by atoms with Gasteiger partial charge in [-0.05, 0) is 12.1 Å². The fourth-order valence-corrected chi connectivity index (χ4v) is 2.25. The lowest BCUT2D eigenvalue weighted by molar-refractivity contribution is 1.29. The van der Waals surface area contributed by atoms with Crippen LogP contribution in [0.15, 0.2) is 39.2 Å². The van der Waals surface area contributed by atoms with Crippen molar-refractivity contribution in [3.8, 4) is 11.3 Å². The van der Waals surface area contributed by atoms with Crippen LogP contribution in [0.2, 0.25) is 0 Å². The number of hydrazone groups is 1. The van der Waals surface area contributed by atoms with Crippen molar-refractivity contribution in [1.82, 2.24) is 4.98 Å². The van der Waals surface area contributed by atoms with Gasteiger partial charge < -0.3 is 0 Å². The Kier molecular flexibility index (Phi) is 3.13. The van der Waals surface area contributed by atoms with Crippen LogP contribution in [0, 0.1) is 0 Å². The van der Waals surface area contributed by atoms with Gasteiger partial charge in [0, 0.05) is 22.1 Å². The number of hydrogen-bond donors (Lipinski definition) is 1. The maximum atomic E-state index is 4.36. The first-order valence-electron chi connectivity index (χ1n) is 4.23. The second kappa shape index (κ2) is 4.55. The molecule has 2 rings (SSSR count). The first-order valence-corrected chi connectivity index (χ1v) is 5.90. The number of benzene rings is 1. The van der Waals surface area contributed by atoms with Crippen LogP contribution in [0.25, 0.3) is 11.3 Å². The standard InChI is InChI=1S/C10H8BrN3S/c1-12-14-10-13-9(6-15-10)7-3-2-4-8(11)5-7/h2-6H,1H2,(H,13,14). The molecule has 0 saturated carbocycles. The molecule has 1 aromatic carbocycles. The van der Waals surface area contributed by atoms with Crippen LogP contribution in [-0.2, 0) is 0 Å². The van der Waals surface area contributed by atoms with Crippen molar-refractivity contribution in [3.05, 3.63) is 34.1 Å². The maximum absolute atomic E-state index is 4.36. The zero-order chi connectivity index (χ0) is 10.7. The number of aromatic nitrogens is 1. The minimum absolute atomic E-state index is 0.750. The highest BCUT2D eigenvalue weighted by Gasteiger charge is 2.03. The molecular formula is C10H8BrN3S. The second-order valence-electron chi connectivity index (χ2n) is 2.82. The molecular weight excluding hydrogens is 274 g/mol. The van der Waals surface area contributed by atoms with E-state index in [-0.39, 0.29) is 0 Å². The monoisotopic (exact) mass is 281 g/mol. The van der Waals surface area contributed by atoms with E-state index in [4.69, 9.17) is 0 Å². The number of nitrogens with zero attached hydrogens (tertiary/aromatic N) is 2. The highest BCUT2D eigenvalue weighted by Crippen LogP contribution is 2.26. The minimum Gasteiger partial charge on any atom is -0.253 e. The summed E-state index contributed by atoms with van der Waals surface area (Å²) in [4.78, 5) is 4.36. The molecule has 0 fully saturated rings. The highest BCUT2D eigenvalue weighted by atomic mass is 79.9. The Balaban J connectivity index is 2.32. The van der Waals surface area contributed by atoms with Gasteiger partial charge in [-0.3, -0.25) is 5.43 Å². The molecule has 1 N–H and O–H groups in total. The summed E-state index contributed by atoms with van der Waals surface area (Å²) in [7, 11) is 0. The number of anilines is 1. The fourth-order valence-electron chi connectivity index (χ4n) is 1.17. The summed E-state index contributed by atoms with van der Waals surface area (Å²) in [6.07, 6.45) is 0. The van der Waals surface area contributed by atoms with Crippen molar-refractivity contribution in [3.63, 3.8) is 0 Å². The van der Waals surface area contributed by atoms with Gasteiger partial charge in [0.1, 0.15) is 0 Å². The van der Waals surface area contributed by atoms with Gasteiger partial charge in [0.2, 0.25) is 5.13 Å². The molecule has 2 aromatic rings. The van der Waals surface area contributed by atoms with Gasteiger partial charge >= 0.3 is 0 Å². The second-order valence-corrected chi connectivity index (χ2v) is 4.59. The van der Waals surface area contributed by atoms with Gasteiger partial charge in [0.25, 0.3) is 0 Å². The third kappa shape index (κ3) is 2.43. The minimum atomic E-state index is 0.750. The van der Waals surface area contributed by atoms with Gasteiger partial charge in [0.05, 0.1) is 5.69 Å². The SMILES string of the molecule is C=NNc1nc(-c2cccc(Br)c2)cs1. The van der Waals surface area contributed by atoms with Gasteiger partial charge in [-0.15, -0.1) is 11.3 Å². The zero-order valence-electron chi connectivity index (χ0n) is 7.77. The molecule has 0 aliphatic rings. The van der Waals surface area contributed by atoms with Crippen LogP contribution in [0.3, 0.4) is 0 Å². The smallest absolute Gasteiger partial charge is 0.203 e. The van der Waals surface area contributed by atoms with Crippen LogP contribution in [0.1, 0.15) is 0 Å². The molecule has 0 aliphatic heterocycles. The van der Waals surface area contributed by atoms with Crippen molar-refractivity contribution in [1.29, 1.82) is 0 Å². The van der Waals surface area contributed by atoms with E-state index in [1.165, 1.54) is 11.3 Å². The molecule has 1 aromatic heterocycles. The summed E-state index contributed by atoms with van der Waals surface area (Å²) >= 11 is 4.93. The van der Waals surface area contributed by atoms with E-state index in [2.05, 4.69) is 38.2 Å². The summed E-state index contributed by atoms with van der Waals surface area (Å²) in [6.45, 7) is 3.35. The molecule has 0 radical (unpaired) electrons. The third-order valence-electron chi connectivity index (χ3n) is 1.80. The van der Waals surface area contributed by atoms with Crippen LogP contribution < -0.4 is 5.43 Å². The van der Waals surface area contributed by atoms with Crippen molar-refractivity contribution in [2.45, 2.75) is 0 Å². The van der Waals surface area contributed by atoms with Crippen LogP contribution in [0.4, 0.5) is 5.13 Å². The van der Waals surface area contributed by atoms with Crippen molar-refractivity contribution < 1.29 is 0 Å². The Hall–Kier alpha value is -1.20. The first-order chi connectivity index (χ1) is 7.29. The molecule has 3 nitrogen and oxygen atoms in total. The molecule has 0 spiro atoms. The summed E-state index contributed by atoms with van der Waals surface area (Å²) < 4.78 is 1.05. The Morgan fingerprint density at radius 1 is 1.47 bits per heavy atom. The highest BCUT2D eigenvalue weighted by molar-refractivity contribution is 9.10. The summed E-state index contributed by atoms with van der Waals surface area (Å²) in [5.74, 6) is 0. The Morgan fingerprint density at radius 2 is 2.33 bits per heavy atom. The zero-order valence-corrected chi connectivity index (χ0v) is 10.2. The van der Waals surface area contributed by atoms with E-state index in [1.54, 1.807) is 0 Å². The maximum Gasteiger partial charge on any atom is 0.203 e. The van der Waals surface area contributed by atoms with E-state index in [9.17, 15) is 0 Å². The topological polar surface area (TPSA) is 37.3 Å². The van der Waals surface area contributed by atoms with E-state index in [0.717, 1.165) is 20.9 Å². The Labute approximate surface area is 100.0 Å². The molecule has 1 heterocycles. The number of thiazole rings is 1. The molecule has 0 saturated heterocycles. The normalized spacial score (nSPS) is 9.93. The lowest BCUT2D eigenvalue weighted by Crippen LogP contribution is -1.85. The van der Waals surface area contributed by atoms with E-state index in [0.29, 0.717) is 0 Å². The van der Waals surface area contributed by atoms with Gasteiger partial charge in [0.15, 0.2) is 0 Å². The predicted octanol–water partition coefficient (Wildman–Crippen LogP) is 3.60. The predicted molar refractivity (Wildman–Crippen MR) is 68.4 cm³/mol. The largest absolute Gasteiger partial charge is 0.253 e. The number of rotatable bonds is 3. The van der Waals surface area contributed by atoms with E-state index < -0.39 is 0 Å². The molecule has 0 atom stereocenters. The van der Waals surface area contributed by atoms with Gasteiger partial charge in [-0.1, -0.05) is 28.1 Å². The summed E-state index contributed by atoms with van der Waals surface area (Å²) in [5, 5.41) is 6.30. The van der Waals surface area contributed by atoms with Gasteiger partial charge in [-0.2, -0.15) is 5.10 Å². The molecule has 0 unspecified atom stereocenters. The number of hydrogen-bond acceptors (Lipinski definition) is 4. The molecule has 0 bridgehead atoms. The van der Waals surface area contributed by atoms with Crippen molar-refractivity contribution >= 4 is 39.1 Å². The Morgan fingerprint density at radius 3 is 3.07 bits per heavy atom. The van der Waals surface area contributed by atoms with Crippen LogP contribution in [-0.4, -0.2) is 11.7 Å². The van der Waals surface area contributed by atoms with Crippen molar-refractivity contribution in [2.24, 2.45) is 5.10 Å². The molecule has 76 valence electrons. The Bertz CT molecular complexity index is 481. The summed E-state index contributed by atoms with van der Waals surface area (Å²) in [5.41, 5.74) is 4.74. The first kappa shape index (κ1) is 10.3. The quantitative estimate of drug-likeness (QED) is 0.690. The van der Waals surface area contributed by atoms with Crippen LogP contribution >= 0.6 is 27.3 Å². The molecule has 0 aliphatic carbocycles. The number of halogens is 1. The van der Waals surface area contributed by atoms with Crippen LogP contribution in [0.5, 0.6) is 0 Å². The average Bonchev–Trinajstić information content (AvgIpc) is 2.67. The number of nitrogens with one attached hydrogen (secondary N) is 1. The lowest BCUT2D eigenvalue weighted by atomic mass is 10.2. The molecule has 15 heavy (non-hydrogen) atoms. The summed E-state index contributed by atoms with van der Waals surface area (Å²) in [6, 6.07) is 8.02. The average molecular weight is 282 g/mol. The molecule has 5 heteroatoms. The van der Waals surface area contributed by atoms with E-state index >= 15 is 0 Å². The fraction of sp³-hybridized carbons (Fsp3) is 0. The van der Waals surface area contributed by atoms with E-state index in [1.807, 2.05) is 29.6 Å². The van der Waals surface area contributed by atoms with Gasteiger partial charge in [-0.25, -0.2) is 4.98 Å². The molecule has 0 amide bonds.